The molecule has 2 aliphatic heterocycles. The zero-order chi connectivity index (χ0) is 12.5. The Bertz CT molecular complexity index is 430. The standard InChI is InChI=1S/C12H17BrN4O/c1-16-4-5-18-11-2-3-17(7-10(11)16)12-9(13)6-14-8-15-12/h6,8,10-11H,2-5,7H2,1H3/t10-,11-/m0/s1. The molecule has 2 saturated heterocycles. The minimum atomic E-state index is 0.376. The van der Waals surface area contributed by atoms with Crippen LogP contribution < -0.4 is 4.90 Å². The van der Waals surface area contributed by atoms with Crippen LogP contribution in [0.2, 0.25) is 0 Å². The lowest BCUT2D eigenvalue weighted by molar-refractivity contribution is -0.0688. The Balaban J connectivity index is 1.78. The van der Waals surface area contributed by atoms with Gasteiger partial charge < -0.3 is 9.64 Å². The number of aromatic nitrogens is 2. The van der Waals surface area contributed by atoms with Gasteiger partial charge in [0, 0.05) is 25.8 Å². The average molecular weight is 313 g/mol. The van der Waals surface area contributed by atoms with Gasteiger partial charge in [0.1, 0.15) is 12.1 Å². The van der Waals surface area contributed by atoms with Crippen molar-refractivity contribution in [2.24, 2.45) is 0 Å². The first-order chi connectivity index (χ1) is 8.75. The Morgan fingerprint density at radius 1 is 1.44 bits per heavy atom. The summed E-state index contributed by atoms with van der Waals surface area (Å²) in [5.41, 5.74) is 0. The second-order valence-electron chi connectivity index (χ2n) is 4.89. The number of nitrogens with zero attached hydrogens (tertiary/aromatic N) is 4. The lowest BCUT2D eigenvalue weighted by Crippen LogP contribution is -2.59. The lowest BCUT2D eigenvalue weighted by Gasteiger charge is -2.46. The topological polar surface area (TPSA) is 41.5 Å². The van der Waals surface area contributed by atoms with Gasteiger partial charge >= 0.3 is 0 Å². The van der Waals surface area contributed by atoms with Crippen molar-refractivity contribution < 1.29 is 4.74 Å². The molecule has 2 fully saturated rings. The van der Waals surface area contributed by atoms with E-state index in [0.717, 1.165) is 43.0 Å². The predicted molar refractivity (Wildman–Crippen MR) is 72.7 cm³/mol. The first-order valence-corrected chi connectivity index (χ1v) is 7.07. The Labute approximate surface area is 115 Å². The van der Waals surface area contributed by atoms with Gasteiger partial charge in [-0.05, 0) is 29.4 Å². The summed E-state index contributed by atoms with van der Waals surface area (Å²) in [6.07, 6.45) is 4.84. The van der Waals surface area contributed by atoms with E-state index in [0.29, 0.717) is 12.1 Å². The molecule has 0 unspecified atom stereocenters. The second kappa shape index (κ2) is 5.11. The molecule has 0 radical (unpaired) electrons. The van der Waals surface area contributed by atoms with Crippen molar-refractivity contribution in [1.29, 1.82) is 0 Å². The van der Waals surface area contributed by atoms with Crippen LogP contribution in [0, 0.1) is 0 Å². The fraction of sp³-hybridized carbons (Fsp3) is 0.667. The van der Waals surface area contributed by atoms with E-state index in [9.17, 15) is 0 Å². The molecule has 0 saturated carbocycles. The van der Waals surface area contributed by atoms with Crippen molar-refractivity contribution in [2.45, 2.75) is 18.6 Å². The van der Waals surface area contributed by atoms with E-state index in [1.807, 2.05) is 0 Å². The third-order valence-electron chi connectivity index (χ3n) is 3.81. The molecule has 3 rings (SSSR count). The average Bonchev–Trinajstić information content (AvgIpc) is 2.40. The Morgan fingerprint density at radius 3 is 3.17 bits per heavy atom. The molecular formula is C12H17BrN4O. The largest absolute Gasteiger partial charge is 0.375 e. The molecule has 0 amide bonds. The van der Waals surface area contributed by atoms with Crippen molar-refractivity contribution in [3.8, 4) is 0 Å². The molecule has 0 aromatic carbocycles. The number of likely N-dealkylation sites (N-methyl/N-ethyl adjacent to an activating group) is 1. The molecule has 0 bridgehead atoms. The Hall–Kier alpha value is -0.720. The number of hydrogen-bond acceptors (Lipinski definition) is 5. The van der Waals surface area contributed by atoms with Crippen LogP contribution in [0.3, 0.4) is 0 Å². The summed E-state index contributed by atoms with van der Waals surface area (Å²) in [5, 5.41) is 0. The predicted octanol–water partition coefficient (Wildman–Crippen LogP) is 1.15. The number of ether oxygens (including phenoxy) is 1. The molecule has 6 heteroatoms. The van der Waals surface area contributed by atoms with Crippen LogP contribution in [0.15, 0.2) is 17.0 Å². The molecule has 0 N–H and O–H groups in total. The molecule has 0 aliphatic carbocycles. The van der Waals surface area contributed by atoms with Crippen LogP contribution in [0.1, 0.15) is 6.42 Å². The van der Waals surface area contributed by atoms with Crippen LogP contribution >= 0.6 is 15.9 Å². The summed E-state index contributed by atoms with van der Waals surface area (Å²) in [6.45, 7) is 3.83. The van der Waals surface area contributed by atoms with E-state index in [4.69, 9.17) is 4.74 Å². The highest BCUT2D eigenvalue weighted by atomic mass is 79.9. The highest BCUT2D eigenvalue weighted by Gasteiger charge is 2.36. The number of morpholine rings is 1. The zero-order valence-corrected chi connectivity index (χ0v) is 12.0. The normalized spacial score (nSPS) is 29.1. The summed E-state index contributed by atoms with van der Waals surface area (Å²) in [7, 11) is 2.18. The SMILES string of the molecule is CN1CCO[C@H]2CCN(c3ncncc3Br)C[C@@H]21. The number of anilines is 1. The van der Waals surface area contributed by atoms with Crippen molar-refractivity contribution in [3.63, 3.8) is 0 Å². The number of fused-ring (bicyclic) bond motifs is 1. The maximum Gasteiger partial charge on any atom is 0.146 e. The molecule has 5 nitrogen and oxygen atoms in total. The van der Waals surface area contributed by atoms with Crippen LogP contribution in [0.25, 0.3) is 0 Å². The Kier molecular flexibility index (Phi) is 3.50. The van der Waals surface area contributed by atoms with Crippen LogP contribution in [0.4, 0.5) is 5.82 Å². The van der Waals surface area contributed by atoms with E-state index in [-0.39, 0.29) is 0 Å². The molecular weight excluding hydrogens is 296 g/mol. The van der Waals surface area contributed by atoms with E-state index < -0.39 is 0 Å². The Morgan fingerprint density at radius 2 is 2.33 bits per heavy atom. The number of hydrogen-bond donors (Lipinski definition) is 0. The molecule has 0 spiro atoms. The van der Waals surface area contributed by atoms with Gasteiger partial charge in [0.05, 0.1) is 23.2 Å². The third-order valence-corrected chi connectivity index (χ3v) is 4.37. The molecule has 2 aliphatic rings. The number of piperidine rings is 1. The number of rotatable bonds is 1. The monoisotopic (exact) mass is 312 g/mol. The van der Waals surface area contributed by atoms with Gasteiger partial charge in [-0.1, -0.05) is 0 Å². The second-order valence-corrected chi connectivity index (χ2v) is 5.74. The zero-order valence-electron chi connectivity index (χ0n) is 10.4. The minimum absolute atomic E-state index is 0.376. The highest BCUT2D eigenvalue weighted by molar-refractivity contribution is 9.10. The molecule has 1 aromatic rings. The summed E-state index contributed by atoms with van der Waals surface area (Å²) in [4.78, 5) is 13.1. The summed E-state index contributed by atoms with van der Waals surface area (Å²) < 4.78 is 6.81. The summed E-state index contributed by atoms with van der Waals surface area (Å²) >= 11 is 3.52. The maximum absolute atomic E-state index is 5.85. The number of halogens is 1. The molecule has 98 valence electrons. The van der Waals surface area contributed by atoms with Crippen molar-refractivity contribution in [3.05, 3.63) is 17.0 Å². The van der Waals surface area contributed by atoms with Gasteiger partial charge in [0.2, 0.25) is 0 Å². The van der Waals surface area contributed by atoms with Crippen LogP contribution in [-0.2, 0) is 4.74 Å². The fourth-order valence-electron chi connectivity index (χ4n) is 2.77. The minimum Gasteiger partial charge on any atom is -0.375 e. The molecule has 1 aromatic heterocycles. The third kappa shape index (κ3) is 2.24. The smallest absolute Gasteiger partial charge is 0.146 e. The lowest BCUT2D eigenvalue weighted by atomic mass is 9.99. The first kappa shape index (κ1) is 12.3. The van der Waals surface area contributed by atoms with Crippen molar-refractivity contribution in [1.82, 2.24) is 14.9 Å². The van der Waals surface area contributed by atoms with Gasteiger partial charge in [0.25, 0.3) is 0 Å². The fourth-order valence-corrected chi connectivity index (χ4v) is 3.24. The molecule has 18 heavy (non-hydrogen) atoms. The van der Waals surface area contributed by atoms with Crippen molar-refractivity contribution in [2.75, 3.05) is 38.2 Å². The van der Waals surface area contributed by atoms with E-state index in [1.54, 1.807) is 12.5 Å². The van der Waals surface area contributed by atoms with Crippen LogP contribution in [-0.4, -0.2) is 60.3 Å². The summed E-state index contributed by atoms with van der Waals surface area (Å²) in [5.74, 6) is 0.988. The van der Waals surface area contributed by atoms with Gasteiger partial charge in [-0.2, -0.15) is 0 Å². The van der Waals surface area contributed by atoms with Gasteiger partial charge in [0.15, 0.2) is 0 Å². The molecule has 3 heterocycles. The van der Waals surface area contributed by atoms with E-state index in [2.05, 4.69) is 42.7 Å². The van der Waals surface area contributed by atoms with E-state index in [1.165, 1.54) is 0 Å². The molecule has 2 atom stereocenters. The van der Waals surface area contributed by atoms with Gasteiger partial charge in [-0.15, -0.1) is 0 Å². The maximum atomic E-state index is 5.85. The quantitative estimate of drug-likeness (QED) is 0.778. The summed E-state index contributed by atoms with van der Waals surface area (Å²) in [6, 6.07) is 0.467. The highest BCUT2D eigenvalue weighted by Crippen LogP contribution is 2.28. The van der Waals surface area contributed by atoms with Crippen LogP contribution in [0.5, 0.6) is 0 Å². The van der Waals surface area contributed by atoms with E-state index >= 15 is 0 Å². The van der Waals surface area contributed by atoms with Gasteiger partial charge in [-0.3, -0.25) is 4.90 Å². The van der Waals surface area contributed by atoms with Crippen molar-refractivity contribution >= 4 is 21.7 Å². The van der Waals surface area contributed by atoms with Gasteiger partial charge in [-0.25, -0.2) is 9.97 Å². The first-order valence-electron chi connectivity index (χ1n) is 6.28.